The molecule has 1 amide bonds. The molecule has 1 aliphatic rings. The molecule has 0 heterocycles. The van der Waals surface area contributed by atoms with Gasteiger partial charge in [-0.25, -0.2) is 4.79 Å². The van der Waals surface area contributed by atoms with Crippen LogP contribution in [0, 0.1) is 0 Å². The third kappa shape index (κ3) is 7.67. The Labute approximate surface area is 129 Å². The van der Waals surface area contributed by atoms with Crippen LogP contribution in [0.1, 0.15) is 59.8 Å². The van der Waals surface area contributed by atoms with Crippen LogP contribution in [0.4, 0.5) is 4.79 Å². The van der Waals surface area contributed by atoms with E-state index in [1.165, 1.54) is 0 Å². The standard InChI is InChI=1S/C16H32N2O3/c1-6-12(18-15(19)21-16(2,3)4)11-17-13-7-9-14(20-5)10-8-13/h12-14,17H,6-11H2,1-5H3,(H,18,19). The maximum absolute atomic E-state index is 11.8. The molecular weight excluding hydrogens is 268 g/mol. The molecule has 5 heteroatoms. The second-order valence-corrected chi connectivity index (χ2v) is 6.87. The van der Waals surface area contributed by atoms with Crippen molar-refractivity contribution in [2.75, 3.05) is 13.7 Å². The molecule has 0 aromatic carbocycles. The highest BCUT2D eigenvalue weighted by Gasteiger charge is 2.22. The maximum atomic E-state index is 11.8. The summed E-state index contributed by atoms with van der Waals surface area (Å²) in [5.41, 5.74) is -0.450. The van der Waals surface area contributed by atoms with Crippen LogP contribution in [0.5, 0.6) is 0 Å². The van der Waals surface area contributed by atoms with E-state index in [2.05, 4.69) is 17.6 Å². The van der Waals surface area contributed by atoms with E-state index in [9.17, 15) is 4.79 Å². The second-order valence-electron chi connectivity index (χ2n) is 6.87. The highest BCUT2D eigenvalue weighted by Crippen LogP contribution is 2.20. The normalized spacial score (nSPS) is 24.4. The van der Waals surface area contributed by atoms with Crippen LogP contribution in [0.2, 0.25) is 0 Å². The van der Waals surface area contributed by atoms with Crippen LogP contribution in [0.15, 0.2) is 0 Å². The third-order valence-electron chi connectivity index (χ3n) is 3.87. The number of carbonyl (C=O) groups excluding carboxylic acids is 1. The van der Waals surface area contributed by atoms with Crippen LogP contribution < -0.4 is 10.6 Å². The lowest BCUT2D eigenvalue weighted by Crippen LogP contribution is -2.47. The van der Waals surface area contributed by atoms with Gasteiger partial charge in [0.15, 0.2) is 0 Å². The summed E-state index contributed by atoms with van der Waals surface area (Å²) >= 11 is 0. The number of carbonyl (C=O) groups is 1. The van der Waals surface area contributed by atoms with Gasteiger partial charge in [0, 0.05) is 25.7 Å². The van der Waals surface area contributed by atoms with Crippen molar-refractivity contribution in [2.45, 2.75) is 83.6 Å². The lowest BCUT2D eigenvalue weighted by atomic mass is 9.93. The SMILES string of the molecule is CCC(CNC1CCC(OC)CC1)NC(=O)OC(C)(C)C. The smallest absolute Gasteiger partial charge is 0.407 e. The van der Waals surface area contributed by atoms with Gasteiger partial charge in [-0.05, 0) is 52.9 Å². The molecule has 21 heavy (non-hydrogen) atoms. The fraction of sp³-hybridized carbons (Fsp3) is 0.938. The molecule has 0 aromatic heterocycles. The number of hydrogen-bond acceptors (Lipinski definition) is 4. The van der Waals surface area contributed by atoms with Crippen molar-refractivity contribution in [3.05, 3.63) is 0 Å². The summed E-state index contributed by atoms with van der Waals surface area (Å²) in [4.78, 5) is 11.8. The van der Waals surface area contributed by atoms with Gasteiger partial charge in [0.25, 0.3) is 0 Å². The number of alkyl carbamates (subject to hydrolysis) is 1. The van der Waals surface area contributed by atoms with Crippen molar-refractivity contribution in [1.29, 1.82) is 0 Å². The predicted octanol–water partition coefficient (Wildman–Crippen LogP) is 2.84. The van der Waals surface area contributed by atoms with Crippen molar-refractivity contribution in [3.8, 4) is 0 Å². The summed E-state index contributed by atoms with van der Waals surface area (Å²) in [5, 5.41) is 6.49. The summed E-state index contributed by atoms with van der Waals surface area (Å²) < 4.78 is 10.7. The van der Waals surface area contributed by atoms with Crippen LogP contribution in [-0.2, 0) is 9.47 Å². The molecule has 0 spiro atoms. The Balaban J connectivity index is 2.26. The molecule has 0 saturated heterocycles. The van der Waals surface area contributed by atoms with Crippen LogP contribution in [0.25, 0.3) is 0 Å². The number of ether oxygens (including phenoxy) is 2. The molecule has 0 aliphatic heterocycles. The van der Waals surface area contributed by atoms with Crippen LogP contribution in [-0.4, -0.2) is 43.5 Å². The Hall–Kier alpha value is -0.810. The van der Waals surface area contributed by atoms with Gasteiger partial charge in [0.1, 0.15) is 5.60 Å². The second kappa shape index (κ2) is 8.59. The van der Waals surface area contributed by atoms with E-state index in [0.717, 1.165) is 38.6 Å². The first-order valence-corrected chi connectivity index (χ1v) is 8.09. The third-order valence-corrected chi connectivity index (χ3v) is 3.87. The number of hydrogen-bond donors (Lipinski definition) is 2. The highest BCUT2D eigenvalue weighted by molar-refractivity contribution is 5.68. The molecule has 0 bridgehead atoms. The first-order chi connectivity index (χ1) is 9.84. The van der Waals surface area contributed by atoms with E-state index in [0.29, 0.717) is 12.1 Å². The van der Waals surface area contributed by atoms with E-state index in [1.807, 2.05) is 20.8 Å². The molecule has 1 rings (SSSR count). The Morgan fingerprint density at radius 3 is 2.33 bits per heavy atom. The molecule has 0 radical (unpaired) electrons. The minimum absolute atomic E-state index is 0.111. The molecule has 1 saturated carbocycles. The minimum atomic E-state index is -0.450. The topological polar surface area (TPSA) is 59.6 Å². The van der Waals surface area contributed by atoms with E-state index in [4.69, 9.17) is 9.47 Å². The summed E-state index contributed by atoms with van der Waals surface area (Å²) in [6.07, 6.45) is 5.49. The van der Waals surface area contributed by atoms with Gasteiger partial charge in [-0.3, -0.25) is 0 Å². The molecular formula is C16H32N2O3. The van der Waals surface area contributed by atoms with Crippen molar-refractivity contribution in [2.24, 2.45) is 0 Å². The number of amides is 1. The van der Waals surface area contributed by atoms with Crippen LogP contribution in [0.3, 0.4) is 0 Å². The molecule has 5 nitrogen and oxygen atoms in total. The monoisotopic (exact) mass is 300 g/mol. The number of methoxy groups -OCH3 is 1. The fourth-order valence-corrected chi connectivity index (χ4v) is 2.58. The zero-order valence-corrected chi connectivity index (χ0v) is 14.2. The number of rotatable bonds is 6. The highest BCUT2D eigenvalue weighted by atomic mass is 16.6. The van der Waals surface area contributed by atoms with Crippen molar-refractivity contribution in [1.82, 2.24) is 10.6 Å². The van der Waals surface area contributed by atoms with Crippen LogP contribution >= 0.6 is 0 Å². The molecule has 1 fully saturated rings. The van der Waals surface area contributed by atoms with Crippen molar-refractivity contribution in [3.63, 3.8) is 0 Å². The molecule has 1 atom stereocenters. The zero-order valence-electron chi connectivity index (χ0n) is 14.2. The van der Waals surface area contributed by atoms with Gasteiger partial charge < -0.3 is 20.1 Å². The first kappa shape index (κ1) is 18.2. The Morgan fingerprint density at radius 2 is 1.86 bits per heavy atom. The van der Waals surface area contributed by atoms with Gasteiger partial charge >= 0.3 is 6.09 Å². The van der Waals surface area contributed by atoms with Gasteiger partial charge in [0.2, 0.25) is 0 Å². The van der Waals surface area contributed by atoms with E-state index >= 15 is 0 Å². The summed E-state index contributed by atoms with van der Waals surface area (Å²) in [7, 11) is 1.79. The molecule has 1 unspecified atom stereocenters. The van der Waals surface area contributed by atoms with E-state index in [-0.39, 0.29) is 12.1 Å². The molecule has 0 aromatic rings. The minimum Gasteiger partial charge on any atom is -0.444 e. The predicted molar refractivity (Wildman–Crippen MR) is 84.5 cm³/mol. The lowest BCUT2D eigenvalue weighted by molar-refractivity contribution is 0.0496. The zero-order chi connectivity index (χ0) is 15.9. The maximum Gasteiger partial charge on any atom is 0.407 e. The molecule has 2 N–H and O–H groups in total. The summed E-state index contributed by atoms with van der Waals surface area (Å²) in [6.45, 7) is 8.49. The largest absolute Gasteiger partial charge is 0.444 e. The average molecular weight is 300 g/mol. The summed E-state index contributed by atoms with van der Waals surface area (Å²) in [6, 6.07) is 0.644. The van der Waals surface area contributed by atoms with Gasteiger partial charge in [-0.15, -0.1) is 0 Å². The van der Waals surface area contributed by atoms with Gasteiger partial charge in [-0.2, -0.15) is 0 Å². The van der Waals surface area contributed by atoms with E-state index in [1.54, 1.807) is 7.11 Å². The lowest BCUT2D eigenvalue weighted by Gasteiger charge is -2.30. The summed E-state index contributed by atoms with van der Waals surface area (Å²) in [5.74, 6) is 0. The number of nitrogens with one attached hydrogen (secondary N) is 2. The van der Waals surface area contributed by atoms with E-state index < -0.39 is 5.60 Å². The van der Waals surface area contributed by atoms with Gasteiger partial charge in [0.05, 0.1) is 6.10 Å². The molecule has 1 aliphatic carbocycles. The Kier molecular flexibility index (Phi) is 7.46. The average Bonchev–Trinajstić information content (AvgIpc) is 2.42. The van der Waals surface area contributed by atoms with Crippen molar-refractivity contribution < 1.29 is 14.3 Å². The quantitative estimate of drug-likeness (QED) is 0.792. The van der Waals surface area contributed by atoms with Crippen molar-refractivity contribution >= 4 is 6.09 Å². The molecule has 124 valence electrons. The fourth-order valence-electron chi connectivity index (χ4n) is 2.58. The first-order valence-electron chi connectivity index (χ1n) is 8.09. The van der Waals surface area contributed by atoms with Gasteiger partial charge in [-0.1, -0.05) is 6.92 Å². The Bertz CT molecular complexity index is 307. The Morgan fingerprint density at radius 1 is 1.24 bits per heavy atom.